The van der Waals surface area contributed by atoms with Gasteiger partial charge in [-0.15, -0.1) is 11.8 Å². The Balaban J connectivity index is 1.62. The Morgan fingerprint density at radius 2 is 2.14 bits per heavy atom. The molecule has 1 aliphatic rings. The fraction of sp³-hybridized carbons (Fsp3) is 0.188. The molecule has 0 aliphatic carbocycles. The highest BCUT2D eigenvalue weighted by Crippen LogP contribution is 2.36. The van der Waals surface area contributed by atoms with E-state index in [0.29, 0.717) is 17.6 Å². The van der Waals surface area contributed by atoms with Gasteiger partial charge >= 0.3 is 5.97 Å². The lowest BCUT2D eigenvalue weighted by molar-refractivity contribution is 0.0692. The highest BCUT2D eigenvalue weighted by atomic mass is 32.2. The number of rotatable bonds is 4. The number of fused-ring (bicyclic) bond motifs is 1. The van der Waals surface area contributed by atoms with Gasteiger partial charge in [0.1, 0.15) is 18.2 Å². The van der Waals surface area contributed by atoms with E-state index >= 15 is 0 Å². The summed E-state index contributed by atoms with van der Waals surface area (Å²) in [4.78, 5) is 12.0. The second-order valence-corrected chi connectivity index (χ2v) is 6.15. The molecule has 1 atom stereocenters. The SMILES string of the molecule is O=C(O)c1ccc(OCC2Cc3ccccc3S2)cc1F. The molecular weight excluding hydrogens is 291 g/mol. The van der Waals surface area contributed by atoms with E-state index in [2.05, 4.69) is 12.1 Å². The van der Waals surface area contributed by atoms with Gasteiger partial charge in [0.05, 0.1) is 5.56 Å². The van der Waals surface area contributed by atoms with Crippen LogP contribution in [-0.4, -0.2) is 22.9 Å². The van der Waals surface area contributed by atoms with E-state index in [-0.39, 0.29) is 5.56 Å². The van der Waals surface area contributed by atoms with Crippen molar-refractivity contribution in [2.75, 3.05) is 6.61 Å². The molecule has 0 saturated heterocycles. The van der Waals surface area contributed by atoms with Gasteiger partial charge in [-0.25, -0.2) is 9.18 Å². The maximum absolute atomic E-state index is 13.6. The molecule has 3 nitrogen and oxygen atoms in total. The van der Waals surface area contributed by atoms with Gasteiger partial charge in [0.15, 0.2) is 0 Å². The molecule has 1 unspecified atom stereocenters. The van der Waals surface area contributed by atoms with Crippen LogP contribution < -0.4 is 4.74 Å². The molecule has 1 N–H and O–H groups in total. The van der Waals surface area contributed by atoms with Crippen molar-refractivity contribution in [1.82, 2.24) is 0 Å². The molecule has 5 heteroatoms. The summed E-state index contributed by atoms with van der Waals surface area (Å²) in [5, 5.41) is 9.07. The Kier molecular flexibility index (Phi) is 3.84. The van der Waals surface area contributed by atoms with Gasteiger partial charge in [0.25, 0.3) is 0 Å². The molecule has 2 aromatic rings. The number of benzene rings is 2. The van der Waals surface area contributed by atoms with Crippen molar-refractivity contribution in [3.8, 4) is 5.75 Å². The first-order valence-corrected chi connectivity index (χ1v) is 7.41. The molecule has 0 fully saturated rings. The van der Waals surface area contributed by atoms with Crippen LogP contribution in [-0.2, 0) is 6.42 Å². The lowest BCUT2D eigenvalue weighted by Gasteiger charge is -2.11. The predicted octanol–water partition coefficient (Wildman–Crippen LogP) is 3.62. The van der Waals surface area contributed by atoms with Crippen molar-refractivity contribution in [2.24, 2.45) is 0 Å². The van der Waals surface area contributed by atoms with Gasteiger partial charge in [-0.3, -0.25) is 0 Å². The van der Waals surface area contributed by atoms with Gasteiger partial charge in [0, 0.05) is 16.2 Å². The maximum Gasteiger partial charge on any atom is 0.338 e. The Hall–Kier alpha value is -2.01. The number of aromatic carboxylic acids is 1. The zero-order chi connectivity index (χ0) is 14.8. The molecule has 1 aliphatic heterocycles. The van der Waals surface area contributed by atoms with Crippen molar-refractivity contribution >= 4 is 17.7 Å². The fourth-order valence-corrected chi connectivity index (χ4v) is 3.51. The van der Waals surface area contributed by atoms with E-state index in [1.54, 1.807) is 11.8 Å². The third-order valence-electron chi connectivity index (χ3n) is 3.32. The van der Waals surface area contributed by atoms with Gasteiger partial charge in [-0.2, -0.15) is 0 Å². The third-order valence-corrected chi connectivity index (χ3v) is 4.61. The van der Waals surface area contributed by atoms with E-state index in [1.807, 2.05) is 12.1 Å². The minimum atomic E-state index is -1.28. The first kappa shape index (κ1) is 13.9. The molecule has 0 saturated carbocycles. The lowest BCUT2D eigenvalue weighted by Crippen LogP contribution is -2.13. The Labute approximate surface area is 125 Å². The van der Waals surface area contributed by atoms with E-state index < -0.39 is 11.8 Å². The monoisotopic (exact) mass is 304 g/mol. The molecule has 0 spiro atoms. The third kappa shape index (κ3) is 3.03. The molecule has 21 heavy (non-hydrogen) atoms. The van der Waals surface area contributed by atoms with Crippen LogP contribution in [0, 0.1) is 5.82 Å². The summed E-state index contributed by atoms with van der Waals surface area (Å²) in [6.07, 6.45) is 0.927. The summed E-state index contributed by atoms with van der Waals surface area (Å²) in [6, 6.07) is 12.0. The van der Waals surface area contributed by atoms with Crippen LogP contribution in [0.25, 0.3) is 0 Å². The van der Waals surface area contributed by atoms with Gasteiger partial charge in [0.2, 0.25) is 0 Å². The van der Waals surface area contributed by atoms with Gasteiger partial charge in [-0.1, -0.05) is 18.2 Å². The molecule has 0 radical (unpaired) electrons. The summed E-state index contributed by atoms with van der Waals surface area (Å²) < 4.78 is 19.1. The van der Waals surface area contributed by atoms with Crippen LogP contribution in [0.2, 0.25) is 0 Å². The topological polar surface area (TPSA) is 46.5 Å². The van der Waals surface area contributed by atoms with Crippen LogP contribution >= 0.6 is 11.8 Å². The highest BCUT2D eigenvalue weighted by molar-refractivity contribution is 8.00. The highest BCUT2D eigenvalue weighted by Gasteiger charge is 2.22. The molecular formula is C16H13FO3S. The number of carbonyl (C=O) groups is 1. The Morgan fingerprint density at radius 1 is 1.33 bits per heavy atom. The van der Waals surface area contributed by atoms with Crippen LogP contribution in [0.5, 0.6) is 5.75 Å². The van der Waals surface area contributed by atoms with Crippen LogP contribution in [0.3, 0.4) is 0 Å². The van der Waals surface area contributed by atoms with Crippen molar-refractivity contribution < 1.29 is 19.0 Å². The van der Waals surface area contributed by atoms with Gasteiger partial charge in [-0.05, 0) is 30.2 Å². The smallest absolute Gasteiger partial charge is 0.338 e. The Bertz CT molecular complexity index is 662. The fourth-order valence-electron chi connectivity index (χ4n) is 2.30. The summed E-state index contributed by atoms with van der Waals surface area (Å²) in [5.41, 5.74) is 0.966. The second kappa shape index (κ2) is 5.77. The number of carboxylic acid groups (broad SMARTS) is 1. The van der Waals surface area contributed by atoms with Gasteiger partial charge < -0.3 is 9.84 Å². The average molecular weight is 304 g/mol. The van der Waals surface area contributed by atoms with E-state index in [4.69, 9.17) is 9.84 Å². The largest absolute Gasteiger partial charge is 0.492 e. The number of halogens is 1. The molecule has 0 amide bonds. The minimum Gasteiger partial charge on any atom is -0.492 e. The van der Waals surface area contributed by atoms with Crippen LogP contribution in [0.4, 0.5) is 4.39 Å². The number of hydrogen-bond donors (Lipinski definition) is 1. The maximum atomic E-state index is 13.6. The quantitative estimate of drug-likeness (QED) is 0.937. The van der Waals surface area contributed by atoms with Crippen molar-refractivity contribution in [3.05, 3.63) is 59.4 Å². The first-order valence-electron chi connectivity index (χ1n) is 6.53. The Morgan fingerprint density at radius 3 is 2.86 bits per heavy atom. The molecule has 0 aromatic heterocycles. The number of carboxylic acids is 1. The average Bonchev–Trinajstić information content (AvgIpc) is 2.87. The zero-order valence-corrected chi connectivity index (χ0v) is 11.9. The zero-order valence-electron chi connectivity index (χ0n) is 11.1. The molecule has 0 bridgehead atoms. The second-order valence-electron chi connectivity index (χ2n) is 4.81. The first-order chi connectivity index (χ1) is 10.1. The normalized spacial score (nSPS) is 16.5. The predicted molar refractivity (Wildman–Crippen MR) is 78.6 cm³/mol. The standard InChI is InChI=1S/C16H13FO3S/c17-14-8-11(5-6-13(14)16(18)19)20-9-12-7-10-3-1-2-4-15(10)21-12/h1-6,8,12H,7,9H2,(H,18,19). The number of thioether (sulfide) groups is 1. The molecule has 1 heterocycles. The molecule has 3 rings (SSSR count). The molecule has 2 aromatic carbocycles. The number of hydrogen-bond acceptors (Lipinski definition) is 3. The van der Waals surface area contributed by atoms with E-state index in [9.17, 15) is 9.18 Å². The van der Waals surface area contributed by atoms with E-state index in [1.165, 1.54) is 22.6 Å². The molecule has 108 valence electrons. The summed E-state index contributed by atoms with van der Waals surface area (Å²) >= 11 is 1.75. The summed E-state index contributed by atoms with van der Waals surface area (Å²) in [7, 11) is 0. The summed E-state index contributed by atoms with van der Waals surface area (Å²) in [5.74, 6) is -1.70. The number of ether oxygens (including phenoxy) is 1. The van der Waals surface area contributed by atoms with E-state index in [0.717, 1.165) is 12.5 Å². The minimum absolute atomic E-state index is 0.296. The van der Waals surface area contributed by atoms with Crippen LogP contribution in [0.15, 0.2) is 47.4 Å². The van der Waals surface area contributed by atoms with Crippen LogP contribution in [0.1, 0.15) is 15.9 Å². The van der Waals surface area contributed by atoms with Crippen molar-refractivity contribution in [3.63, 3.8) is 0 Å². The summed E-state index contributed by atoms with van der Waals surface area (Å²) in [6.45, 7) is 0.463. The van der Waals surface area contributed by atoms with Crippen molar-refractivity contribution in [2.45, 2.75) is 16.6 Å². The lowest BCUT2D eigenvalue weighted by atomic mass is 10.1. The van der Waals surface area contributed by atoms with Crippen molar-refractivity contribution in [1.29, 1.82) is 0 Å².